The van der Waals surface area contributed by atoms with Gasteiger partial charge in [-0.2, -0.15) is 0 Å². The molecule has 0 spiro atoms. The normalized spacial score (nSPS) is 15.7. The molecule has 0 saturated carbocycles. The lowest BCUT2D eigenvalue weighted by Crippen LogP contribution is -2.50. The van der Waals surface area contributed by atoms with Gasteiger partial charge in [0.2, 0.25) is 11.8 Å². The summed E-state index contributed by atoms with van der Waals surface area (Å²) < 4.78 is 0. The maximum absolute atomic E-state index is 12.2. The summed E-state index contributed by atoms with van der Waals surface area (Å²) in [6, 6.07) is 7.86. The van der Waals surface area contributed by atoms with Crippen LogP contribution in [0.4, 0.5) is 5.69 Å². The zero-order valence-electron chi connectivity index (χ0n) is 16.7. The standard InChI is InChI=1S/C20H32N4O2S/c1-16(2)14-21-20(26)15-24-12-10-23(11-13-24)9-8-19(25)22-17-6-4-5-7-18(17)27-3/h4-7,16H,8-15H2,1-3H3,(H,21,26)(H,22,25). The van der Waals surface area contributed by atoms with Crippen LogP contribution < -0.4 is 10.6 Å². The van der Waals surface area contributed by atoms with E-state index in [9.17, 15) is 9.59 Å². The molecule has 27 heavy (non-hydrogen) atoms. The third-order valence-electron chi connectivity index (χ3n) is 4.58. The van der Waals surface area contributed by atoms with Crippen LogP contribution in [0.5, 0.6) is 0 Å². The Morgan fingerprint density at radius 2 is 1.74 bits per heavy atom. The number of amides is 2. The van der Waals surface area contributed by atoms with Gasteiger partial charge in [-0.25, -0.2) is 0 Å². The highest BCUT2D eigenvalue weighted by molar-refractivity contribution is 7.98. The molecule has 2 N–H and O–H groups in total. The quantitative estimate of drug-likeness (QED) is 0.631. The summed E-state index contributed by atoms with van der Waals surface area (Å²) in [6.07, 6.45) is 2.49. The monoisotopic (exact) mass is 392 g/mol. The number of thioether (sulfide) groups is 1. The molecular formula is C20H32N4O2S. The summed E-state index contributed by atoms with van der Waals surface area (Å²) in [6.45, 7) is 9.65. The molecule has 1 aromatic rings. The van der Waals surface area contributed by atoms with Gasteiger partial charge in [0, 0.05) is 50.6 Å². The topological polar surface area (TPSA) is 64.7 Å². The van der Waals surface area contributed by atoms with Crippen LogP contribution in [0.25, 0.3) is 0 Å². The number of anilines is 1. The summed E-state index contributed by atoms with van der Waals surface area (Å²) in [7, 11) is 0. The first-order valence-electron chi connectivity index (χ1n) is 9.62. The van der Waals surface area contributed by atoms with E-state index in [1.165, 1.54) is 0 Å². The number of hydrogen-bond acceptors (Lipinski definition) is 5. The average Bonchev–Trinajstić information content (AvgIpc) is 2.66. The molecule has 2 rings (SSSR count). The van der Waals surface area contributed by atoms with Crippen molar-refractivity contribution in [2.24, 2.45) is 5.92 Å². The van der Waals surface area contributed by atoms with Crippen LogP contribution in [0.1, 0.15) is 20.3 Å². The minimum Gasteiger partial charge on any atom is -0.355 e. The average molecular weight is 393 g/mol. The van der Waals surface area contributed by atoms with Crippen LogP contribution in [0, 0.1) is 5.92 Å². The van der Waals surface area contributed by atoms with Crippen LogP contribution in [-0.2, 0) is 9.59 Å². The van der Waals surface area contributed by atoms with Crippen molar-refractivity contribution in [3.8, 4) is 0 Å². The fraction of sp³-hybridized carbons (Fsp3) is 0.600. The van der Waals surface area contributed by atoms with Gasteiger partial charge >= 0.3 is 0 Å². The van der Waals surface area contributed by atoms with Crippen LogP contribution in [0.15, 0.2) is 29.2 Å². The maximum atomic E-state index is 12.2. The first-order chi connectivity index (χ1) is 13.0. The number of piperazine rings is 1. The molecule has 1 fully saturated rings. The molecular weight excluding hydrogens is 360 g/mol. The minimum atomic E-state index is 0.0481. The number of carbonyl (C=O) groups excluding carboxylic acids is 2. The first-order valence-corrected chi connectivity index (χ1v) is 10.8. The Kier molecular flexibility index (Phi) is 9.10. The van der Waals surface area contributed by atoms with Crippen molar-refractivity contribution in [3.63, 3.8) is 0 Å². The van der Waals surface area contributed by atoms with Crippen molar-refractivity contribution in [2.45, 2.75) is 25.2 Å². The van der Waals surface area contributed by atoms with Gasteiger partial charge in [0.15, 0.2) is 0 Å². The van der Waals surface area contributed by atoms with E-state index in [0.717, 1.165) is 49.9 Å². The second-order valence-corrected chi connectivity index (χ2v) is 8.16. The fourth-order valence-corrected chi connectivity index (χ4v) is 3.52. The lowest BCUT2D eigenvalue weighted by Gasteiger charge is -2.34. The smallest absolute Gasteiger partial charge is 0.234 e. The van der Waals surface area contributed by atoms with Gasteiger partial charge in [0.05, 0.1) is 12.2 Å². The minimum absolute atomic E-state index is 0.0481. The van der Waals surface area contributed by atoms with Gasteiger partial charge in [-0.1, -0.05) is 26.0 Å². The molecule has 150 valence electrons. The van der Waals surface area contributed by atoms with Crippen LogP contribution in [-0.4, -0.2) is 73.7 Å². The molecule has 1 aliphatic rings. The summed E-state index contributed by atoms with van der Waals surface area (Å²) in [5.41, 5.74) is 0.882. The van der Waals surface area contributed by atoms with E-state index in [1.54, 1.807) is 11.8 Å². The largest absolute Gasteiger partial charge is 0.355 e. The Hall–Kier alpha value is -1.57. The summed E-state index contributed by atoms with van der Waals surface area (Å²) in [4.78, 5) is 29.7. The summed E-state index contributed by atoms with van der Waals surface area (Å²) >= 11 is 1.63. The summed E-state index contributed by atoms with van der Waals surface area (Å²) in [5.74, 6) is 0.621. The molecule has 1 saturated heterocycles. The van der Waals surface area contributed by atoms with Gasteiger partial charge in [-0.15, -0.1) is 11.8 Å². The molecule has 6 nitrogen and oxygen atoms in total. The van der Waals surface area contributed by atoms with E-state index in [1.807, 2.05) is 30.5 Å². The van der Waals surface area contributed by atoms with Gasteiger partial charge < -0.3 is 15.5 Å². The van der Waals surface area contributed by atoms with E-state index in [2.05, 4.69) is 34.3 Å². The number of para-hydroxylation sites is 1. The zero-order valence-corrected chi connectivity index (χ0v) is 17.5. The number of nitrogens with zero attached hydrogens (tertiary/aromatic N) is 2. The maximum Gasteiger partial charge on any atom is 0.234 e. The Labute approximate surface area is 167 Å². The van der Waals surface area contributed by atoms with Gasteiger partial charge in [0.1, 0.15) is 0 Å². The van der Waals surface area contributed by atoms with Crippen molar-refractivity contribution in [1.29, 1.82) is 0 Å². The molecule has 1 aliphatic heterocycles. The number of hydrogen-bond donors (Lipinski definition) is 2. The predicted octanol–water partition coefficient (Wildman–Crippen LogP) is 2.13. The molecule has 2 amide bonds. The number of carbonyl (C=O) groups is 2. The third-order valence-corrected chi connectivity index (χ3v) is 5.37. The molecule has 1 heterocycles. The number of rotatable bonds is 9. The second-order valence-electron chi connectivity index (χ2n) is 7.31. The molecule has 0 aromatic heterocycles. The SMILES string of the molecule is CSc1ccccc1NC(=O)CCN1CCN(CC(=O)NCC(C)C)CC1. The Morgan fingerprint density at radius 3 is 2.41 bits per heavy atom. The summed E-state index contributed by atoms with van der Waals surface area (Å²) in [5, 5.41) is 5.97. The third kappa shape index (κ3) is 7.91. The lowest BCUT2D eigenvalue weighted by molar-refractivity contribution is -0.122. The first kappa shape index (κ1) is 21.7. The molecule has 0 bridgehead atoms. The van der Waals surface area contributed by atoms with Crippen LogP contribution >= 0.6 is 11.8 Å². The van der Waals surface area contributed by atoms with Crippen molar-refractivity contribution >= 4 is 29.3 Å². The van der Waals surface area contributed by atoms with Crippen molar-refractivity contribution < 1.29 is 9.59 Å². The highest BCUT2D eigenvalue weighted by Gasteiger charge is 2.19. The van der Waals surface area contributed by atoms with Crippen molar-refractivity contribution in [2.75, 3.05) is 57.4 Å². The van der Waals surface area contributed by atoms with E-state index >= 15 is 0 Å². The Balaban J connectivity index is 1.65. The predicted molar refractivity (Wildman–Crippen MR) is 112 cm³/mol. The number of nitrogens with one attached hydrogen (secondary N) is 2. The van der Waals surface area contributed by atoms with Crippen LogP contribution in [0.2, 0.25) is 0 Å². The fourth-order valence-electron chi connectivity index (χ4n) is 2.97. The highest BCUT2D eigenvalue weighted by Crippen LogP contribution is 2.24. The second kappa shape index (κ2) is 11.3. The molecule has 0 unspecified atom stereocenters. The highest BCUT2D eigenvalue weighted by atomic mass is 32.2. The molecule has 7 heteroatoms. The molecule has 1 aromatic carbocycles. The van der Waals surface area contributed by atoms with E-state index in [0.29, 0.717) is 18.9 Å². The van der Waals surface area contributed by atoms with E-state index < -0.39 is 0 Å². The van der Waals surface area contributed by atoms with Gasteiger partial charge in [-0.3, -0.25) is 14.5 Å². The van der Waals surface area contributed by atoms with Crippen LogP contribution in [0.3, 0.4) is 0 Å². The van der Waals surface area contributed by atoms with Crippen molar-refractivity contribution in [3.05, 3.63) is 24.3 Å². The Morgan fingerprint density at radius 1 is 1.07 bits per heavy atom. The van der Waals surface area contributed by atoms with E-state index in [4.69, 9.17) is 0 Å². The molecule has 0 aliphatic carbocycles. The Bertz CT molecular complexity index is 616. The van der Waals surface area contributed by atoms with Gasteiger partial charge in [-0.05, 0) is 24.3 Å². The van der Waals surface area contributed by atoms with E-state index in [-0.39, 0.29) is 11.8 Å². The molecule has 0 atom stereocenters. The zero-order chi connectivity index (χ0) is 19.6. The number of benzene rings is 1. The van der Waals surface area contributed by atoms with Crippen molar-refractivity contribution in [1.82, 2.24) is 15.1 Å². The molecule has 0 radical (unpaired) electrons. The van der Waals surface area contributed by atoms with Gasteiger partial charge in [0.25, 0.3) is 0 Å². The lowest BCUT2D eigenvalue weighted by atomic mass is 10.2.